The van der Waals surface area contributed by atoms with Crippen LogP contribution in [-0.4, -0.2) is 23.9 Å². The van der Waals surface area contributed by atoms with Gasteiger partial charge < -0.3 is 19.0 Å². The molecule has 0 amide bonds. The number of hydrogen-bond donors (Lipinski definition) is 0. The van der Waals surface area contributed by atoms with Crippen molar-refractivity contribution >= 4 is 11.0 Å². The minimum Gasteiger partial charge on any atom is -0.513 e. The van der Waals surface area contributed by atoms with Gasteiger partial charge in [0.1, 0.15) is 5.75 Å². The van der Waals surface area contributed by atoms with E-state index < -0.39 is 0 Å². The first-order valence-corrected chi connectivity index (χ1v) is 11.1. The number of methoxy groups -OCH3 is 1. The summed E-state index contributed by atoms with van der Waals surface area (Å²) < 4.78 is 16.0. The summed E-state index contributed by atoms with van der Waals surface area (Å²) in [4.78, 5) is 4.38. The first-order chi connectivity index (χ1) is 16.6. The smallest absolute Gasteiger partial charge is 0.160 e. The second kappa shape index (κ2) is 12.3. The molecule has 0 saturated carbocycles. The van der Waals surface area contributed by atoms with E-state index in [1.807, 2.05) is 73.8 Å². The van der Waals surface area contributed by atoms with E-state index in [-0.39, 0.29) is 20.1 Å². The summed E-state index contributed by atoms with van der Waals surface area (Å²) in [6, 6.07) is 27.6. The number of benzene rings is 3. The number of fused-ring (bicyclic) bond motifs is 1. The second-order valence-corrected chi connectivity index (χ2v) is 7.69. The number of nitrogens with zero attached hydrogens (tertiary/aromatic N) is 2. The van der Waals surface area contributed by atoms with Crippen LogP contribution in [0.25, 0.3) is 33.5 Å². The van der Waals surface area contributed by atoms with Gasteiger partial charge in [-0.25, -0.2) is 0 Å². The molecular formula is C29H26IrN2O3-2. The van der Waals surface area contributed by atoms with Crippen molar-refractivity contribution in [3.8, 4) is 34.0 Å². The fourth-order valence-corrected chi connectivity index (χ4v) is 3.40. The number of aryl methyl sites for hydroxylation is 2. The fraction of sp³-hybridized carbons (Fsp3) is 0.172. The Morgan fingerprint density at radius 3 is 2.43 bits per heavy atom. The number of pyridine rings is 1. The molecule has 0 unspecified atom stereocenters. The van der Waals surface area contributed by atoms with E-state index in [0.717, 1.165) is 39.4 Å². The maximum absolute atomic E-state index is 5.49. The Morgan fingerprint density at radius 1 is 0.886 bits per heavy atom. The third kappa shape index (κ3) is 6.36. The average Bonchev–Trinajstić information content (AvgIpc) is 3.30. The van der Waals surface area contributed by atoms with Gasteiger partial charge >= 0.3 is 0 Å². The van der Waals surface area contributed by atoms with E-state index in [1.54, 1.807) is 7.11 Å². The maximum Gasteiger partial charge on any atom is 0.160 e. The van der Waals surface area contributed by atoms with Gasteiger partial charge in [-0.1, -0.05) is 17.7 Å². The van der Waals surface area contributed by atoms with Gasteiger partial charge in [0, 0.05) is 49.2 Å². The molecule has 0 saturated heterocycles. The van der Waals surface area contributed by atoms with E-state index in [0.29, 0.717) is 12.2 Å². The number of rotatable bonds is 5. The summed E-state index contributed by atoms with van der Waals surface area (Å²) in [7, 11) is 1.62. The van der Waals surface area contributed by atoms with Gasteiger partial charge in [0.25, 0.3) is 0 Å². The van der Waals surface area contributed by atoms with Crippen LogP contribution in [0.15, 0.2) is 77.4 Å². The zero-order chi connectivity index (χ0) is 23.9. The molecule has 0 aliphatic carbocycles. The predicted octanol–water partition coefficient (Wildman–Crippen LogP) is 6.87. The molecular weight excluding hydrogens is 617 g/mol. The van der Waals surface area contributed by atoms with Crippen molar-refractivity contribution in [1.29, 1.82) is 0 Å². The molecule has 1 radical (unpaired) electrons. The molecule has 5 nitrogen and oxygen atoms in total. The Labute approximate surface area is 219 Å². The quantitative estimate of drug-likeness (QED) is 0.196. The van der Waals surface area contributed by atoms with Gasteiger partial charge in [0.2, 0.25) is 0 Å². The fourth-order valence-electron chi connectivity index (χ4n) is 3.40. The van der Waals surface area contributed by atoms with Crippen molar-refractivity contribution in [3.63, 3.8) is 0 Å². The molecule has 0 bridgehead atoms. The minimum atomic E-state index is 0. The van der Waals surface area contributed by atoms with Crippen molar-refractivity contribution in [1.82, 2.24) is 10.1 Å². The molecule has 181 valence electrons. The minimum absolute atomic E-state index is 0. The van der Waals surface area contributed by atoms with Gasteiger partial charge in [-0.15, -0.1) is 70.9 Å². The zero-order valence-corrected chi connectivity index (χ0v) is 22.5. The van der Waals surface area contributed by atoms with Gasteiger partial charge in [0.05, 0.1) is 13.7 Å². The molecule has 35 heavy (non-hydrogen) atoms. The van der Waals surface area contributed by atoms with Gasteiger partial charge in [0.15, 0.2) is 5.58 Å². The molecule has 0 N–H and O–H groups in total. The maximum atomic E-state index is 5.49. The molecule has 0 fully saturated rings. The van der Waals surface area contributed by atoms with Crippen LogP contribution in [0.2, 0.25) is 0 Å². The summed E-state index contributed by atoms with van der Waals surface area (Å²) in [6.07, 6.45) is 1.91. The van der Waals surface area contributed by atoms with Crippen LogP contribution in [0.1, 0.15) is 18.1 Å². The van der Waals surface area contributed by atoms with E-state index in [1.165, 1.54) is 11.1 Å². The molecule has 6 heteroatoms. The SMILES string of the molecule is CCOc1cc[c-]c(-c2noc3cc(OC)ccc23)c1.Cc1cnc(-c2[c-]cccc2)cc1C.[Ir]. The molecule has 2 aromatic heterocycles. The van der Waals surface area contributed by atoms with Crippen LogP contribution in [0, 0.1) is 26.0 Å². The molecule has 0 aliphatic heterocycles. The first kappa shape index (κ1) is 26.1. The zero-order valence-electron chi connectivity index (χ0n) is 20.1. The number of aromatic nitrogens is 2. The van der Waals surface area contributed by atoms with E-state index in [2.05, 4.69) is 42.2 Å². The molecule has 5 aromatic rings. The topological polar surface area (TPSA) is 57.4 Å². The second-order valence-electron chi connectivity index (χ2n) is 7.69. The Morgan fingerprint density at radius 2 is 1.71 bits per heavy atom. The van der Waals surface area contributed by atoms with Crippen LogP contribution in [0.5, 0.6) is 11.5 Å². The van der Waals surface area contributed by atoms with E-state index >= 15 is 0 Å². The monoisotopic (exact) mass is 643 g/mol. The summed E-state index contributed by atoms with van der Waals surface area (Å²) in [5, 5.41) is 5.05. The predicted molar refractivity (Wildman–Crippen MR) is 134 cm³/mol. The first-order valence-electron chi connectivity index (χ1n) is 11.1. The van der Waals surface area contributed by atoms with Crippen LogP contribution >= 0.6 is 0 Å². The van der Waals surface area contributed by atoms with Gasteiger partial charge in [-0.3, -0.25) is 0 Å². The largest absolute Gasteiger partial charge is 0.513 e. The van der Waals surface area contributed by atoms with E-state index in [9.17, 15) is 0 Å². The molecule has 3 aromatic carbocycles. The Kier molecular flexibility index (Phi) is 9.18. The summed E-state index contributed by atoms with van der Waals surface area (Å²) in [5.74, 6) is 1.54. The summed E-state index contributed by atoms with van der Waals surface area (Å²) in [5.41, 5.74) is 6.83. The van der Waals surface area contributed by atoms with Crippen LogP contribution in [-0.2, 0) is 20.1 Å². The molecule has 0 atom stereocenters. The van der Waals surface area contributed by atoms with Crippen molar-refractivity contribution in [3.05, 3.63) is 96.2 Å². The average molecular weight is 643 g/mol. The molecule has 0 spiro atoms. The van der Waals surface area contributed by atoms with Crippen LogP contribution < -0.4 is 9.47 Å². The van der Waals surface area contributed by atoms with Crippen LogP contribution in [0.4, 0.5) is 0 Å². The van der Waals surface area contributed by atoms with Crippen molar-refractivity contribution in [2.24, 2.45) is 0 Å². The van der Waals surface area contributed by atoms with Crippen molar-refractivity contribution in [2.45, 2.75) is 20.8 Å². The van der Waals surface area contributed by atoms with Crippen molar-refractivity contribution < 1.29 is 34.1 Å². The standard InChI is InChI=1S/C16H14NO3.C13H12N.Ir/c1-3-19-13-6-4-5-11(9-13)16-14-8-7-12(18-2)10-15(14)20-17-16;1-10-8-13(14-9-11(10)2)12-6-4-3-5-7-12;/h4,6-10H,3H2,1-2H3;3-6,8-9H,1-2H3;/q2*-1;. The normalized spacial score (nSPS) is 10.2. The third-order valence-electron chi connectivity index (χ3n) is 5.38. The van der Waals surface area contributed by atoms with Crippen molar-refractivity contribution in [2.75, 3.05) is 13.7 Å². The Bertz CT molecular complexity index is 1380. The third-order valence-corrected chi connectivity index (χ3v) is 5.38. The van der Waals surface area contributed by atoms with Gasteiger partial charge in [-0.05, 0) is 38.1 Å². The van der Waals surface area contributed by atoms with Crippen LogP contribution in [0.3, 0.4) is 0 Å². The molecule has 5 rings (SSSR count). The number of ether oxygens (including phenoxy) is 2. The van der Waals surface area contributed by atoms with Gasteiger partial charge in [-0.2, -0.15) is 0 Å². The number of hydrogen-bond acceptors (Lipinski definition) is 5. The molecule has 2 heterocycles. The summed E-state index contributed by atoms with van der Waals surface area (Å²) in [6.45, 7) is 6.75. The van der Waals surface area contributed by atoms with E-state index in [4.69, 9.17) is 14.0 Å². The Balaban J connectivity index is 0.000000202. The Hall–Kier alpha value is -3.47. The molecule has 0 aliphatic rings. The summed E-state index contributed by atoms with van der Waals surface area (Å²) >= 11 is 0.